The number of fused-ring (bicyclic) bond motifs is 1. The first-order valence-corrected chi connectivity index (χ1v) is 8.93. The topological polar surface area (TPSA) is 85.4 Å². The number of halogens is 1. The van der Waals surface area contributed by atoms with Crippen molar-refractivity contribution in [2.75, 3.05) is 18.5 Å². The number of aryl methyl sites for hydroxylation is 2. The largest absolute Gasteiger partial charge is 0.395 e. The van der Waals surface area contributed by atoms with Gasteiger partial charge in [-0.25, -0.2) is 9.18 Å². The summed E-state index contributed by atoms with van der Waals surface area (Å²) in [7, 11) is 0. The fourth-order valence-electron chi connectivity index (χ4n) is 3.17. The summed E-state index contributed by atoms with van der Waals surface area (Å²) in [6, 6.07) is 10.9. The van der Waals surface area contributed by atoms with Gasteiger partial charge in [0.05, 0.1) is 18.8 Å². The molecule has 146 valence electrons. The number of hydrogen-bond acceptors (Lipinski definition) is 3. The zero-order valence-electron chi connectivity index (χ0n) is 15.8. The third-order valence-corrected chi connectivity index (χ3v) is 4.52. The second kappa shape index (κ2) is 8.22. The van der Waals surface area contributed by atoms with Gasteiger partial charge in [-0.05, 0) is 49.2 Å². The van der Waals surface area contributed by atoms with Gasteiger partial charge in [0, 0.05) is 23.0 Å². The number of aromatic nitrogens is 1. The number of pyridine rings is 1. The lowest BCUT2D eigenvalue weighted by Gasteiger charge is -2.22. The highest BCUT2D eigenvalue weighted by molar-refractivity contribution is 5.89. The Kier molecular flexibility index (Phi) is 5.75. The molecule has 0 saturated heterocycles. The van der Waals surface area contributed by atoms with E-state index >= 15 is 0 Å². The predicted octanol–water partition coefficient (Wildman–Crippen LogP) is 3.31. The monoisotopic (exact) mass is 383 g/mol. The van der Waals surface area contributed by atoms with Crippen LogP contribution in [0, 0.1) is 19.7 Å². The van der Waals surface area contributed by atoms with Gasteiger partial charge >= 0.3 is 6.03 Å². The summed E-state index contributed by atoms with van der Waals surface area (Å²) in [4.78, 5) is 29.2. The smallest absolute Gasteiger partial charge is 0.322 e. The van der Waals surface area contributed by atoms with E-state index in [1.54, 1.807) is 12.1 Å². The number of carbonyl (C=O) groups excluding carboxylic acids is 1. The number of rotatable bonds is 5. The molecule has 1 aromatic heterocycles. The zero-order valence-corrected chi connectivity index (χ0v) is 15.8. The SMILES string of the molecule is Cc1cc(C)c2cc(CN(CCO)C(=O)Nc3ccccc3F)c(=O)[nH]c2c1. The third-order valence-electron chi connectivity index (χ3n) is 4.52. The number of para-hydroxylation sites is 1. The molecule has 6 nitrogen and oxygen atoms in total. The summed E-state index contributed by atoms with van der Waals surface area (Å²) in [5.74, 6) is -0.561. The number of aromatic amines is 1. The maximum absolute atomic E-state index is 13.8. The number of carbonyl (C=O) groups is 1. The fourth-order valence-corrected chi connectivity index (χ4v) is 3.17. The van der Waals surface area contributed by atoms with E-state index in [1.807, 2.05) is 26.0 Å². The van der Waals surface area contributed by atoms with Crippen LogP contribution in [0.2, 0.25) is 0 Å². The van der Waals surface area contributed by atoms with E-state index in [-0.39, 0.29) is 30.9 Å². The van der Waals surface area contributed by atoms with Crippen molar-refractivity contribution in [3.8, 4) is 0 Å². The Morgan fingerprint density at radius 2 is 1.96 bits per heavy atom. The van der Waals surface area contributed by atoms with E-state index in [0.717, 1.165) is 22.0 Å². The molecular weight excluding hydrogens is 361 g/mol. The fraction of sp³-hybridized carbons (Fsp3) is 0.238. The van der Waals surface area contributed by atoms with Crippen molar-refractivity contribution in [3.63, 3.8) is 0 Å². The van der Waals surface area contributed by atoms with Crippen molar-refractivity contribution in [3.05, 3.63) is 75.3 Å². The Morgan fingerprint density at radius 1 is 1.21 bits per heavy atom. The first kappa shape index (κ1) is 19.6. The summed E-state index contributed by atoms with van der Waals surface area (Å²) >= 11 is 0. The summed E-state index contributed by atoms with van der Waals surface area (Å²) in [5, 5.41) is 12.7. The van der Waals surface area contributed by atoms with Crippen LogP contribution in [-0.2, 0) is 6.54 Å². The number of aliphatic hydroxyl groups excluding tert-OH is 1. The van der Waals surface area contributed by atoms with Crippen molar-refractivity contribution in [1.82, 2.24) is 9.88 Å². The van der Waals surface area contributed by atoms with Gasteiger partial charge in [0.2, 0.25) is 0 Å². The number of hydrogen-bond donors (Lipinski definition) is 3. The lowest BCUT2D eigenvalue weighted by atomic mass is 10.0. The van der Waals surface area contributed by atoms with Gasteiger partial charge in [-0.1, -0.05) is 18.2 Å². The summed E-state index contributed by atoms with van der Waals surface area (Å²) in [6.45, 7) is 3.61. The molecule has 0 atom stereocenters. The van der Waals surface area contributed by atoms with Crippen LogP contribution >= 0.6 is 0 Å². The van der Waals surface area contributed by atoms with Gasteiger partial charge in [-0.3, -0.25) is 4.79 Å². The van der Waals surface area contributed by atoms with Crippen LogP contribution in [0.1, 0.15) is 16.7 Å². The number of urea groups is 1. The van der Waals surface area contributed by atoms with Crippen LogP contribution in [0.3, 0.4) is 0 Å². The Hall–Kier alpha value is -3.19. The van der Waals surface area contributed by atoms with Gasteiger partial charge < -0.3 is 20.3 Å². The Balaban J connectivity index is 1.90. The van der Waals surface area contributed by atoms with E-state index in [2.05, 4.69) is 10.3 Å². The molecule has 3 aromatic rings. The van der Waals surface area contributed by atoms with Crippen LogP contribution in [0.15, 0.2) is 47.3 Å². The van der Waals surface area contributed by atoms with Crippen LogP contribution in [0.25, 0.3) is 10.9 Å². The highest BCUT2D eigenvalue weighted by atomic mass is 19.1. The van der Waals surface area contributed by atoms with Gasteiger partial charge in [-0.15, -0.1) is 0 Å². The maximum Gasteiger partial charge on any atom is 0.322 e. The van der Waals surface area contributed by atoms with Gasteiger partial charge in [0.25, 0.3) is 5.56 Å². The lowest BCUT2D eigenvalue weighted by molar-refractivity contribution is 0.185. The second-order valence-corrected chi connectivity index (χ2v) is 6.72. The molecule has 1 heterocycles. The van der Waals surface area contributed by atoms with Crippen molar-refractivity contribution >= 4 is 22.6 Å². The van der Waals surface area contributed by atoms with Crippen LogP contribution < -0.4 is 10.9 Å². The molecule has 0 spiro atoms. The standard InChI is InChI=1S/C21H22FN3O3/c1-13-9-14(2)16-11-15(20(27)23-19(16)10-13)12-25(7-8-26)21(28)24-18-6-4-3-5-17(18)22/h3-6,9-11,26H,7-8,12H2,1-2H3,(H,23,27)(H,24,28). The molecule has 0 bridgehead atoms. The quantitative estimate of drug-likeness (QED) is 0.632. The summed E-state index contributed by atoms with van der Waals surface area (Å²) in [6.07, 6.45) is 0. The van der Waals surface area contributed by atoms with E-state index in [0.29, 0.717) is 5.56 Å². The van der Waals surface area contributed by atoms with E-state index in [1.165, 1.54) is 23.1 Å². The summed E-state index contributed by atoms with van der Waals surface area (Å²) in [5.41, 5.74) is 2.90. The first-order valence-electron chi connectivity index (χ1n) is 8.93. The average Bonchev–Trinajstić information content (AvgIpc) is 2.64. The van der Waals surface area contributed by atoms with Gasteiger partial charge in [0.15, 0.2) is 0 Å². The zero-order chi connectivity index (χ0) is 20.3. The van der Waals surface area contributed by atoms with Gasteiger partial charge in [0.1, 0.15) is 5.82 Å². The van der Waals surface area contributed by atoms with E-state index < -0.39 is 11.8 Å². The van der Waals surface area contributed by atoms with Crippen molar-refractivity contribution < 1.29 is 14.3 Å². The number of nitrogens with one attached hydrogen (secondary N) is 2. The van der Waals surface area contributed by atoms with E-state index in [4.69, 9.17) is 0 Å². The van der Waals surface area contributed by atoms with Crippen molar-refractivity contribution in [2.24, 2.45) is 0 Å². The lowest BCUT2D eigenvalue weighted by Crippen LogP contribution is -2.38. The molecule has 0 fully saturated rings. The molecule has 7 heteroatoms. The molecule has 0 aliphatic heterocycles. The molecule has 3 rings (SSSR count). The molecule has 0 radical (unpaired) electrons. The van der Waals surface area contributed by atoms with Crippen LogP contribution in [-0.4, -0.2) is 34.2 Å². The van der Waals surface area contributed by atoms with Crippen LogP contribution in [0.5, 0.6) is 0 Å². The number of amides is 2. The number of aliphatic hydroxyl groups is 1. The second-order valence-electron chi connectivity index (χ2n) is 6.72. The number of H-pyrrole nitrogens is 1. The normalized spacial score (nSPS) is 10.9. The highest BCUT2D eigenvalue weighted by Gasteiger charge is 2.17. The van der Waals surface area contributed by atoms with Crippen LogP contribution in [0.4, 0.5) is 14.9 Å². The number of benzene rings is 2. The van der Waals surface area contributed by atoms with Crippen molar-refractivity contribution in [2.45, 2.75) is 20.4 Å². The Labute approximate surface area is 161 Å². The first-order chi connectivity index (χ1) is 13.4. The van der Waals surface area contributed by atoms with Crippen molar-refractivity contribution in [1.29, 1.82) is 0 Å². The minimum Gasteiger partial charge on any atom is -0.395 e. The van der Waals surface area contributed by atoms with Gasteiger partial charge in [-0.2, -0.15) is 0 Å². The molecule has 2 amide bonds. The third kappa shape index (κ3) is 4.20. The maximum atomic E-state index is 13.8. The molecule has 28 heavy (non-hydrogen) atoms. The molecule has 3 N–H and O–H groups in total. The average molecular weight is 383 g/mol. The molecule has 0 unspecified atom stereocenters. The molecular formula is C21H22FN3O3. The summed E-state index contributed by atoms with van der Waals surface area (Å²) < 4.78 is 13.8. The Bertz CT molecular complexity index is 1080. The highest BCUT2D eigenvalue weighted by Crippen LogP contribution is 2.19. The predicted molar refractivity (Wildman–Crippen MR) is 107 cm³/mol. The minimum atomic E-state index is -0.598. The molecule has 0 aliphatic carbocycles. The Morgan fingerprint density at radius 3 is 2.68 bits per heavy atom. The molecule has 0 saturated carbocycles. The number of anilines is 1. The van der Waals surface area contributed by atoms with E-state index in [9.17, 15) is 19.1 Å². The molecule has 2 aromatic carbocycles. The molecule has 0 aliphatic rings. The number of nitrogens with zero attached hydrogens (tertiary/aromatic N) is 1. The minimum absolute atomic E-state index is 0.00461.